The molecule has 1 saturated carbocycles. The highest BCUT2D eigenvalue weighted by Crippen LogP contribution is 2.35. The van der Waals surface area contributed by atoms with E-state index in [2.05, 4.69) is 64.1 Å². The maximum absolute atomic E-state index is 4.24. The second-order valence-corrected chi connectivity index (χ2v) is 7.11. The molecule has 0 amide bonds. The minimum absolute atomic E-state index is 0.0703. The zero-order valence-electron chi connectivity index (χ0n) is 16.2. The van der Waals surface area contributed by atoms with Crippen molar-refractivity contribution in [1.29, 1.82) is 0 Å². The third kappa shape index (κ3) is 6.61. The van der Waals surface area contributed by atoms with E-state index in [0.717, 1.165) is 37.3 Å². The zero-order chi connectivity index (χ0) is 18.9. The Morgan fingerprint density at radius 3 is 3.11 bits per heavy atom. The van der Waals surface area contributed by atoms with Crippen LogP contribution in [0.2, 0.25) is 0 Å². The molecule has 3 rings (SSSR count). The van der Waals surface area contributed by atoms with Gasteiger partial charge in [0.1, 0.15) is 0 Å². The van der Waals surface area contributed by atoms with Gasteiger partial charge in [-0.15, -0.1) is 0 Å². The second-order valence-electron chi connectivity index (χ2n) is 7.11. The Hall–Kier alpha value is -2.53. The quantitative estimate of drug-likeness (QED) is 0.449. The Balaban J connectivity index is 1.52. The molecular weight excluding hydrogens is 334 g/mol. The van der Waals surface area contributed by atoms with Crippen molar-refractivity contribution in [3.05, 3.63) is 72.0 Å². The summed E-state index contributed by atoms with van der Waals surface area (Å²) in [6, 6.07) is 0. The Morgan fingerprint density at radius 2 is 2.30 bits per heavy atom. The molecule has 3 aliphatic rings. The summed E-state index contributed by atoms with van der Waals surface area (Å²) in [6.45, 7) is 8.16. The van der Waals surface area contributed by atoms with E-state index < -0.39 is 0 Å². The number of nitrogens with one attached hydrogen (secondary N) is 4. The fourth-order valence-electron chi connectivity index (χ4n) is 2.99. The van der Waals surface area contributed by atoms with E-state index >= 15 is 0 Å². The van der Waals surface area contributed by atoms with Crippen LogP contribution < -0.4 is 21.3 Å². The van der Waals surface area contributed by atoms with Crippen molar-refractivity contribution >= 4 is 6.21 Å². The summed E-state index contributed by atoms with van der Waals surface area (Å²) in [4.78, 5) is 4.24. The van der Waals surface area contributed by atoms with Crippen LogP contribution >= 0.6 is 0 Å². The summed E-state index contributed by atoms with van der Waals surface area (Å²) in [5.41, 5.74) is 4.48. The fraction of sp³-hybridized carbons (Fsp3) is 0.409. The number of dihydropyridines is 1. The van der Waals surface area contributed by atoms with Crippen LogP contribution in [0.5, 0.6) is 0 Å². The molecular formula is C22H31N5. The van der Waals surface area contributed by atoms with Gasteiger partial charge in [-0.25, -0.2) is 0 Å². The van der Waals surface area contributed by atoms with Gasteiger partial charge in [0, 0.05) is 42.6 Å². The predicted octanol–water partition coefficient (Wildman–Crippen LogP) is 3.21. The number of aliphatic imine (C=N–C) groups is 1. The molecule has 0 bridgehead atoms. The molecule has 2 aliphatic heterocycles. The van der Waals surface area contributed by atoms with Gasteiger partial charge in [-0.05, 0) is 61.6 Å². The Kier molecular flexibility index (Phi) is 7.11. The highest BCUT2D eigenvalue weighted by Gasteiger charge is 2.25. The van der Waals surface area contributed by atoms with Crippen LogP contribution in [0.3, 0.4) is 0 Å². The molecule has 1 unspecified atom stereocenters. The third-order valence-corrected chi connectivity index (χ3v) is 4.59. The van der Waals surface area contributed by atoms with Crippen molar-refractivity contribution in [1.82, 2.24) is 21.3 Å². The van der Waals surface area contributed by atoms with Gasteiger partial charge in [0.2, 0.25) is 0 Å². The maximum atomic E-state index is 4.24. The lowest BCUT2D eigenvalue weighted by molar-refractivity contribution is 0.569. The van der Waals surface area contributed by atoms with Crippen molar-refractivity contribution in [3.8, 4) is 0 Å². The topological polar surface area (TPSA) is 60.5 Å². The molecule has 5 heteroatoms. The molecule has 27 heavy (non-hydrogen) atoms. The van der Waals surface area contributed by atoms with Gasteiger partial charge >= 0.3 is 0 Å². The molecule has 1 fully saturated rings. The zero-order valence-corrected chi connectivity index (χ0v) is 16.2. The van der Waals surface area contributed by atoms with Crippen molar-refractivity contribution in [2.24, 2.45) is 10.9 Å². The molecule has 4 N–H and O–H groups in total. The predicted molar refractivity (Wildman–Crippen MR) is 114 cm³/mol. The van der Waals surface area contributed by atoms with E-state index in [-0.39, 0.29) is 6.17 Å². The van der Waals surface area contributed by atoms with Gasteiger partial charge in [-0.2, -0.15) is 0 Å². The highest BCUT2D eigenvalue weighted by atomic mass is 15.1. The monoisotopic (exact) mass is 365 g/mol. The largest absolute Gasteiger partial charge is 0.388 e. The van der Waals surface area contributed by atoms with Gasteiger partial charge in [0.25, 0.3) is 0 Å². The van der Waals surface area contributed by atoms with Gasteiger partial charge in [-0.1, -0.05) is 25.7 Å². The van der Waals surface area contributed by atoms with Crippen LogP contribution in [-0.4, -0.2) is 25.5 Å². The summed E-state index contributed by atoms with van der Waals surface area (Å²) in [7, 11) is 0. The SMILES string of the molecule is C=C(/C=C(\NCCC)C1CC1)NC1=CC(NCC2=CCC=CN=C2)NC=C1. The molecule has 2 heterocycles. The number of nitrogens with zero attached hydrogens (tertiary/aromatic N) is 1. The maximum Gasteiger partial charge on any atom is 0.0982 e. The van der Waals surface area contributed by atoms with Crippen LogP contribution in [-0.2, 0) is 0 Å². The first-order chi connectivity index (χ1) is 13.2. The van der Waals surface area contributed by atoms with Crippen LogP contribution in [0.1, 0.15) is 32.6 Å². The van der Waals surface area contributed by atoms with E-state index in [0.29, 0.717) is 5.92 Å². The van der Waals surface area contributed by atoms with Crippen molar-refractivity contribution in [2.45, 2.75) is 38.8 Å². The normalized spacial score (nSPS) is 21.8. The molecule has 0 radical (unpaired) electrons. The average Bonchev–Trinajstić information content (AvgIpc) is 3.51. The molecule has 0 spiro atoms. The molecule has 0 aromatic carbocycles. The van der Waals surface area contributed by atoms with E-state index in [1.165, 1.54) is 24.1 Å². The summed E-state index contributed by atoms with van der Waals surface area (Å²) in [5.74, 6) is 0.686. The molecule has 0 aromatic heterocycles. The molecule has 1 atom stereocenters. The molecule has 0 aromatic rings. The first-order valence-electron chi connectivity index (χ1n) is 9.91. The number of hydrogen-bond acceptors (Lipinski definition) is 5. The first kappa shape index (κ1) is 19.2. The minimum Gasteiger partial charge on any atom is -0.388 e. The van der Waals surface area contributed by atoms with Crippen LogP contribution in [0.4, 0.5) is 0 Å². The average molecular weight is 366 g/mol. The van der Waals surface area contributed by atoms with E-state index in [9.17, 15) is 0 Å². The summed E-state index contributed by atoms with van der Waals surface area (Å²) in [5, 5.41) is 13.8. The van der Waals surface area contributed by atoms with Gasteiger partial charge < -0.3 is 16.0 Å². The van der Waals surface area contributed by atoms with Crippen molar-refractivity contribution < 1.29 is 0 Å². The lowest BCUT2D eigenvalue weighted by atomic mass is 10.2. The lowest BCUT2D eigenvalue weighted by Gasteiger charge is -2.21. The van der Waals surface area contributed by atoms with Gasteiger partial charge in [-0.3, -0.25) is 10.3 Å². The van der Waals surface area contributed by atoms with Crippen molar-refractivity contribution in [2.75, 3.05) is 13.1 Å². The Morgan fingerprint density at radius 1 is 1.41 bits per heavy atom. The van der Waals surface area contributed by atoms with E-state index in [1.54, 1.807) is 0 Å². The molecule has 0 saturated heterocycles. The first-order valence-corrected chi connectivity index (χ1v) is 9.91. The minimum atomic E-state index is 0.0703. The lowest BCUT2D eigenvalue weighted by Crippen LogP contribution is -2.41. The summed E-state index contributed by atoms with van der Waals surface area (Å²) >= 11 is 0. The summed E-state index contributed by atoms with van der Waals surface area (Å²) in [6.07, 6.45) is 21.0. The van der Waals surface area contributed by atoms with Crippen LogP contribution in [0.25, 0.3) is 0 Å². The van der Waals surface area contributed by atoms with Crippen LogP contribution in [0, 0.1) is 5.92 Å². The van der Waals surface area contributed by atoms with E-state index in [1.807, 2.05) is 24.7 Å². The smallest absolute Gasteiger partial charge is 0.0982 e. The molecule has 1 aliphatic carbocycles. The standard InChI is InChI=1S/C22H31N5/c1-3-10-24-21(19-7-8-19)13-17(2)27-20-9-12-25-22(14-20)26-16-18-6-4-5-11-23-15-18/h5-6,9,11-15,19,22,24-27H,2-4,7-8,10,16H2,1H3/b21-13-. The Bertz CT molecular complexity index is 704. The van der Waals surface area contributed by atoms with Gasteiger partial charge in [0.05, 0.1) is 6.17 Å². The third-order valence-electron chi connectivity index (χ3n) is 4.59. The fourth-order valence-corrected chi connectivity index (χ4v) is 2.99. The summed E-state index contributed by atoms with van der Waals surface area (Å²) < 4.78 is 0. The number of allylic oxidation sites excluding steroid dienone is 5. The molecule has 5 nitrogen and oxygen atoms in total. The number of rotatable bonds is 10. The Labute approximate surface area is 162 Å². The highest BCUT2D eigenvalue weighted by molar-refractivity contribution is 5.79. The van der Waals surface area contributed by atoms with Gasteiger partial charge in [0.15, 0.2) is 0 Å². The van der Waals surface area contributed by atoms with Crippen LogP contribution in [0.15, 0.2) is 77.0 Å². The molecule has 144 valence electrons. The van der Waals surface area contributed by atoms with Crippen molar-refractivity contribution in [3.63, 3.8) is 0 Å². The second kappa shape index (κ2) is 9.97. The van der Waals surface area contributed by atoms with E-state index in [4.69, 9.17) is 0 Å². The number of hydrogen-bond donors (Lipinski definition) is 4.